The standard InChI is InChI=1S/C64H46N8/c1-39-25-29-53-48(33-39)49-34-40(2)26-30-54(49)71(53)57-38-47(63-67-59(43-17-9-5-10-18-43)65-60(68-63)44-19-11-6-12-20-44)37-52(58(57)72-55-31-27-41(3)35-50(55)51-36-42(4)28-32-56(51)72)64-69-61(45-21-13-7-14-22-45)66-62(70-64)46-23-15-8-16-24-46/h5-38H,1-4H3. The number of aromatic nitrogens is 8. The molecule has 0 atom stereocenters. The van der Waals surface area contributed by atoms with Crippen molar-refractivity contribution in [1.29, 1.82) is 0 Å². The van der Waals surface area contributed by atoms with Gasteiger partial charge in [-0.2, -0.15) is 0 Å². The van der Waals surface area contributed by atoms with E-state index in [9.17, 15) is 0 Å². The summed E-state index contributed by atoms with van der Waals surface area (Å²) in [6.45, 7) is 8.65. The van der Waals surface area contributed by atoms with Crippen LogP contribution in [-0.2, 0) is 0 Å². The van der Waals surface area contributed by atoms with E-state index in [4.69, 9.17) is 29.9 Å². The zero-order valence-electron chi connectivity index (χ0n) is 40.2. The second-order valence-corrected chi connectivity index (χ2v) is 18.7. The Hall–Kier alpha value is -9.40. The molecular formula is C64H46N8. The van der Waals surface area contributed by atoms with E-state index in [1.165, 1.54) is 22.3 Å². The zero-order valence-corrected chi connectivity index (χ0v) is 40.2. The van der Waals surface area contributed by atoms with E-state index in [2.05, 4.69) is 146 Å². The van der Waals surface area contributed by atoms with Crippen molar-refractivity contribution in [3.05, 3.63) is 229 Å². The highest BCUT2D eigenvalue weighted by molar-refractivity contribution is 6.13. The van der Waals surface area contributed by atoms with Gasteiger partial charge >= 0.3 is 0 Å². The molecule has 13 rings (SSSR count). The fourth-order valence-electron chi connectivity index (χ4n) is 10.2. The van der Waals surface area contributed by atoms with Crippen LogP contribution in [0.3, 0.4) is 0 Å². The number of nitrogens with zero attached hydrogens (tertiary/aromatic N) is 8. The Balaban J connectivity index is 1.25. The third-order valence-corrected chi connectivity index (χ3v) is 13.6. The summed E-state index contributed by atoms with van der Waals surface area (Å²) in [6, 6.07) is 72.1. The number of aryl methyl sites for hydroxylation is 4. The molecule has 8 nitrogen and oxygen atoms in total. The lowest BCUT2D eigenvalue weighted by Gasteiger charge is -2.22. The van der Waals surface area contributed by atoms with Crippen molar-refractivity contribution in [2.45, 2.75) is 27.7 Å². The van der Waals surface area contributed by atoms with Gasteiger partial charge in [0, 0.05) is 54.9 Å². The summed E-state index contributed by atoms with van der Waals surface area (Å²) >= 11 is 0. The van der Waals surface area contributed by atoms with Gasteiger partial charge in [0.1, 0.15) is 0 Å². The first-order valence-corrected chi connectivity index (χ1v) is 24.3. The molecular weight excluding hydrogens is 881 g/mol. The van der Waals surface area contributed by atoms with Crippen LogP contribution in [0.1, 0.15) is 22.3 Å². The van der Waals surface area contributed by atoms with Crippen LogP contribution in [-0.4, -0.2) is 39.0 Å². The fourth-order valence-corrected chi connectivity index (χ4v) is 10.2. The molecule has 0 aliphatic carbocycles. The maximum atomic E-state index is 5.50. The van der Waals surface area contributed by atoms with Crippen molar-refractivity contribution in [2.24, 2.45) is 0 Å². The van der Waals surface area contributed by atoms with Gasteiger partial charge in [-0.15, -0.1) is 0 Å². The predicted octanol–water partition coefficient (Wildman–Crippen LogP) is 15.5. The molecule has 13 aromatic rings. The van der Waals surface area contributed by atoms with Crippen LogP contribution < -0.4 is 0 Å². The van der Waals surface area contributed by atoms with E-state index in [0.717, 1.165) is 88.4 Å². The molecule has 8 heteroatoms. The number of hydrogen-bond donors (Lipinski definition) is 0. The molecule has 4 heterocycles. The Bertz CT molecular complexity index is 4000. The van der Waals surface area contributed by atoms with Gasteiger partial charge in [0.15, 0.2) is 34.9 Å². The van der Waals surface area contributed by atoms with Crippen LogP contribution in [0.4, 0.5) is 0 Å². The third kappa shape index (κ3) is 7.40. The number of benzene rings is 9. The maximum absolute atomic E-state index is 5.50. The van der Waals surface area contributed by atoms with E-state index in [1.54, 1.807) is 0 Å². The second kappa shape index (κ2) is 17.2. The fraction of sp³-hybridized carbons (Fsp3) is 0.0625. The Kier molecular flexibility index (Phi) is 10.2. The van der Waals surface area contributed by atoms with E-state index < -0.39 is 0 Å². The summed E-state index contributed by atoms with van der Waals surface area (Å²) in [5.41, 5.74) is 15.9. The smallest absolute Gasteiger partial charge is 0.166 e. The summed E-state index contributed by atoms with van der Waals surface area (Å²) in [5.74, 6) is 3.28. The molecule has 0 aliphatic heterocycles. The molecule has 0 aliphatic rings. The van der Waals surface area contributed by atoms with Gasteiger partial charge in [-0.25, -0.2) is 29.9 Å². The van der Waals surface area contributed by atoms with Gasteiger partial charge in [0.2, 0.25) is 0 Å². The molecule has 342 valence electrons. The van der Waals surface area contributed by atoms with Crippen molar-refractivity contribution in [3.63, 3.8) is 0 Å². The predicted molar refractivity (Wildman–Crippen MR) is 293 cm³/mol. The minimum atomic E-state index is 0.503. The maximum Gasteiger partial charge on any atom is 0.166 e. The molecule has 0 radical (unpaired) electrons. The van der Waals surface area contributed by atoms with Crippen molar-refractivity contribution in [3.8, 4) is 79.7 Å². The molecule has 0 amide bonds. The first kappa shape index (κ1) is 42.7. The Morgan fingerprint density at radius 1 is 0.264 bits per heavy atom. The van der Waals surface area contributed by atoms with Crippen LogP contribution >= 0.6 is 0 Å². The molecule has 72 heavy (non-hydrogen) atoms. The van der Waals surface area contributed by atoms with E-state index in [0.29, 0.717) is 34.9 Å². The summed E-state index contributed by atoms with van der Waals surface area (Å²) in [6.07, 6.45) is 0. The van der Waals surface area contributed by atoms with Crippen LogP contribution in [0.15, 0.2) is 206 Å². The number of rotatable bonds is 8. The van der Waals surface area contributed by atoms with Gasteiger partial charge in [0.05, 0.1) is 33.4 Å². The average Bonchev–Trinajstić information content (AvgIpc) is 3.91. The average molecular weight is 927 g/mol. The Morgan fingerprint density at radius 2 is 0.556 bits per heavy atom. The monoisotopic (exact) mass is 926 g/mol. The Morgan fingerprint density at radius 3 is 0.889 bits per heavy atom. The first-order chi connectivity index (χ1) is 35.3. The molecule has 4 aromatic heterocycles. The lowest BCUT2D eigenvalue weighted by atomic mass is 10.0. The van der Waals surface area contributed by atoms with E-state index in [-0.39, 0.29) is 0 Å². The number of hydrogen-bond acceptors (Lipinski definition) is 6. The highest BCUT2D eigenvalue weighted by atomic mass is 15.1. The van der Waals surface area contributed by atoms with Crippen molar-refractivity contribution in [2.75, 3.05) is 0 Å². The van der Waals surface area contributed by atoms with Crippen LogP contribution in [0, 0.1) is 27.7 Å². The molecule has 0 saturated heterocycles. The van der Waals surface area contributed by atoms with Gasteiger partial charge < -0.3 is 9.13 Å². The van der Waals surface area contributed by atoms with Gasteiger partial charge in [-0.1, -0.05) is 168 Å². The molecule has 0 fully saturated rings. The highest BCUT2D eigenvalue weighted by Crippen LogP contribution is 2.45. The molecule has 0 N–H and O–H groups in total. The van der Waals surface area contributed by atoms with Gasteiger partial charge in [0.25, 0.3) is 0 Å². The molecule has 9 aromatic carbocycles. The first-order valence-electron chi connectivity index (χ1n) is 24.3. The largest absolute Gasteiger partial charge is 0.307 e. The topological polar surface area (TPSA) is 87.2 Å². The quantitative estimate of drug-likeness (QED) is 0.151. The minimum absolute atomic E-state index is 0.503. The zero-order chi connectivity index (χ0) is 48.5. The second-order valence-electron chi connectivity index (χ2n) is 18.7. The lowest BCUT2D eigenvalue weighted by Crippen LogP contribution is -2.09. The lowest BCUT2D eigenvalue weighted by molar-refractivity contribution is 1.04. The van der Waals surface area contributed by atoms with Crippen molar-refractivity contribution >= 4 is 43.6 Å². The molecule has 0 saturated carbocycles. The van der Waals surface area contributed by atoms with Crippen LogP contribution in [0.25, 0.3) is 123 Å². The minimum Gasteiger partial charge on any atom is -0.307 e. The molecule has 0 bridgehead atoms. The van der Waals surface area contributed by atoms with Crippen LogP contribution in [0.2, 0.25) is 0 Å². The third-order valence-electron chi connectivity index (χ3n) is 13.6. The summed E-state index contributed by atoms with van der Waals surface area (Å²) in [7, 11) is 0. The van der Waals surface area contributed by atoms with Crippen molar-refractivity contribution in [1.82, 2.24) is 39.0 Å². The van der Waals surface area contributed by atoms with E-state index >= 15 is 0 Å². The SMILES string of the molecule is Cc1ccc2c(c1)c1cc(C)ccc1n2-c1cc(-c2nc(-c3ccccc3)nc(-c3ccccc3)n2)cc(-c2nc(-c3ccccc3)nc(-c3ccccc3)n2)c1-n1c2ccc(C)cc2c2cc(C)ccc21. The normalized spacial score (nSPS) is 11.6. The highest BCUT2D eigenvalue weighted by Gasteiger charge is 2.28. The van der Waals surface area contributed by atoms with Gasteiger partial charge in [-0.3, -0.25) is 0 Å². The van der Waals surface area contributed by atoms with Crippen LogP contribution in [0.5, 0.6) is 0 Å². The summed E-state index contributed by atoms with van der Waals surface area (Å²) in [4.78, 5) is 32.0. The Labute approximate surface area is 416 Å². The summed E-state index contributed by atoms with van der Waals surface area (Å²) < 4.78 is 4.84. The van der Waals surface area contributed by atoms with Crippen molar-refractivity contribution < 1.29 is 0 Å². The van der Waals surface area contributed by atoms with Gasteiger partial charge in [-0.05, 0) is 88.4 Å². The summed E-state index contributed by atoms with van der Waals surface area (Å²) in [5, 5.41) is 4.64. The molecule has 0 unspecified atom stereocenters. The van der Waals surface area contributed by atoms with E-state index in [1.807, 2.05) is 97.1 Å². The molecule has 0 spiro atoms. The number of fused-ring (bicyclic) bond motifs is 6.